The first-order valence-electron chi connectivity index (χ1n) is 9.18. The van der Waals surface area contributed by atoms with Crippen molar-refractivity contribution in [2.24, 2.45) is 0 Å². The van der Waals surface area contributed by atoms with Crippen molar-refractivity contribution >= 4 is 34.5 Å². The molecule has 1 amide bonds. The van der Waals surface area contributed by atoms with Gasteiger partial charge in [0.15, 0.2) is 5.16 Å². The van der Waals surface area contributed by atoms with Gasteiger partial charge >= 0.3 is 0 Å². The van der Waals surface area contributed by atoms with Crippen molar-refractivity contribution in [2.75, 3.05) is 5.75 Å². The van der Waals surface area contributed by atoms with Crippen molar-refractivity contribution in [3.05, 3.63) is 59.9 Å². The third-order valence-electron chi connectivity index (χ3n) is 4.83. The summed E-state index contributed by atoms with van der Waals surface area (Å²) in [7, 11) is 0. The molecule has 1 N–H and O–H groups in total. The lowest BCUT2D eigenvalue weighted by atomic mass is 10.2. The molecule has 142 valence electrons. The quantitative estimate of drug-likeness (QED) is 0.509. The normalized spacial score (nSPS) is 14.0. The lowest BCUT2D eigenvalue weighted by Gasteiger charge is -2.06. The van der Waals surface area contributed by atoms with E-state index in [0.29, 0.717) is 34.8 Å². The number of thioether (sulfide) groups is 1. The number of hydrogen-bond donors (Lipinski definition) is 1. The van der Waals surface area contributed by atoms with Crippen LogP contribution in [0.15, 0.2) is 53.7 Å². The molecular formula is C20H18FN5OS. The summed E-state index contributed by atoms with van der Waals surface area (Å²) in [4.78, 5) is 12.0. The molecule has 2 aromatic heterocycles. The molecular weight excluding hydrogens is 377 g/mol. The molecule has 1 aliphatic carbocycles. The highest BCUT2D eigenvalue weighted by atomic mass is 32.2. The SMILES string of the molecule is O=C(CSc1nnc2n(Cc3ccccc3F)c3ccccc3n12)NC1CC1. The lowest BCUT2D eigenvalue weighted by molar-refractivity contribution is -0.118. The van der Waals surface area contributed by atoms with Crippen LogP contribution in [0.1, 0.15) is 18.4 Å². The Balaban J connectivity index is 1.52. The zero-order valence-corrected chi connectivity index (χ0v) is 15.8. The maximum atomic E-state index is 14.2. The van der Waals surface area contributed by atoms with Crippen LogP contribution in [0.3, 0.4) is 0 Å². The molecule has 1 aliphatic rings. The number of hydrogen-bond acceptors (Lipinski definition) is 4. The maximum absolute atomic E-state index is 14.2. The van der Waals surface area contributed by atoms with Crippen LogP contribution < -0.4 is 5.32 Å². The van der Waals surface area contributed by atoms with E-state index in [9.17, 15) is 9.18 Å². The van der Waals surface area contributed by atoms with Crippen molar-refractivity contribution in [2.45, 2.75) is 30.6 Å². The number of carbonyl (C=O) groups is 1. The number of halogens is 1. The zero-order valence-electron chi connectivity index (χ0n) is 15.0. The molecule has 0 atom stereocenters. The summed E-state index contributed by atoms with van der Waals surface area (Å²) < 4.78 is 18.1. The Kier molecular flexibility index (Phi) is 4.27. The van der Waals surface area contributed by atoms with E-state index < -0.39 is 0 Å². The molecule has 0 unspecified atom stereocenters. The molecule has 0 bridgehead atoms. The van der Waals surface area contributed by atoms with Crippen molar-refractivity contribution in [1.82, 2.24) is 24.5 Å². The molecule has 0 radical (unpaired) electrons. The molecule has 6 nitrogen and oxygen atoms in total. The van der Waals surface area contributed by atoms with Crippen molar-refractivity contribution in [3.8, 4) is 0 Å². The van der Waals surface area contributed by atoms with Crippen LogP contribution in [-0.2, 0) is 11.3 Å². The first kappa shape index (κ1) is 17.2. The van der Waals surface area contributed by atoms with E-state index in [0.717, 1.165) is 23.9 Å². The third kappa shape index (κ3) is 3.13. The molecule has 5 rings (SSSR count). The standard InChI is InChI=1S/C20H18FN5OS/c21-15-6-2-1-5-13(15)11-25-16-7-3-4-8-17(16)26-19(25)23-24-20(26)28-12-18(27)22-14-9-10-14/h1-8,14H,9-12H2,(H,22,27). The minimum atomic E-state index is -0.246. The number of nitrogens with zero attached hydrogens (tertiary/aromatic N) is 4. The van der Waals surface area contributed by atoms with Crippen LogP contribution in [0.2, 0.25) is 0 Å². The molecule has 0 saturated heterocycles. The zero-order chi connectivity index (χ0) is 19.1. The maximum Gasteiger partial charge on any atom is 0.237 e. The number of aromatic nitrogens is 4. The number of carbonyl (C=O) groups excluding carboxylic acids is 1. The Hall–Kier alpha value is -2.87. The molecule has 2 heterocycles. The summed E-state index contributed by atoms with van der Waals surface area (Å²) in [5.41, 5.74) is 2.47. The van der Waals surface area contributed by atoms with Crippen LogP contribution in [0.4, 0.5) is 4.39 Å². The average molecular weight is 395 g/mol. The predicted octanol–water partition coefficient (Wildman–Crippen LogP) is 3.24. The van der Waals surface area contributed by atoms with Gasteiger partial charge in [-0.15, -0.1) is 10.2 Å². The second kappa shape index (κ2) is 6.94. The predicted molar refractivity (Wildman–Crippen MR) is 106 cm³/mol. The summed E-state index contributed by atoms with van der Waals surface area (Å²) >= 11 is 1.36. The van der Waals surface area contributed by atoms with Gasteiger partial charge in [0, 0.05) is 11.6 Å². The Bertz CT molecular complexity index is 1180. The second-order valence-electron chi connectivity index (χ2n) is 6.91. The van der Waals surface area contributed by atoms with Gasteiger partial charge in [0.2, 0.25) is 11.7 Å². The Morgan fingerprint density at radius 3 is 2.64 bits per heavy atom. The van der Waals surface area contributed by atoms with E-state index in [1.165, 1.54) is 17.8 Å². The van der Waals surface area contributed by atoms with Crippen molar-refractivity contribution in [3.63, 3.8) is 0 Å². The largest absolute Gasteiger partial charge is 0.353 e. The summed E-state index contributed by atoms with van der Waals surface area (Å²) in [5, 5.41) is 12.3. The van der Waals surface area contributed by atoms with E-state index in [1.54, 1.807) is 12.1 Å². The first-order valence-corrected chi connectivity index (χ1v) is 10.2. The molecule has 4 aromatic rings. The number of amides is 1. The fourth-order valence-corrected chi connectivity index (χ4v) is 4.06. The van der Waals surface area contributed by atoms with Gasteiger partial charge in [-0.2, -0.15) is 0 Å². The van der Waals surface area contributed by atoms with Crippen molar-refractivity contribution < 1.29 is 9.18 Å². The van der Waals surface area contributed by atoms with E-state index in [1.807, 2.05) is 39.3 Å². The topological polar surface area (TPSA) is 64.2 Å². The van der Waals surface area contributed by atoms with Crippen LogP contribution in [0.25, 0.3) is 16.8 Å². The number of rotatable bonds is 6. The monoisotopic (exact) mass is 395 g/mol. The average Bonchev–Trinajstić information content (AvgIpc) is 3.33. The van der Waals surface area contributed by atoms with E-state index >= 15 is 0 Å². The number of fused-ring (bicyclic) bond motifs is 3. The number of imidazole rings is 1. The summed E-state index contributed by atoms with van der Waals surface area (Å²) in [5.74, 6) is 0.697. The number of benzene rings is 2. The summed E-state index contributed by atoms with van der Waals surface area (Å²) in [6.45, 7) is 0.356. The molecule has 0 aliphatic heterocycles. The van der Waals surface area contributed by atoms with Crippen LogP contribution in [-0.4, -0.2) is 36.9 Å². The van der Waals surface area contributed by atoms with Crippen LogP contribution in [0.5, 0.6) is 0 Å². The first-order chi connectivity index (χ1) is 13.7. The fraction of sp³-hybridized carbons (Fsp3) is 0.250. The minimum Gasteiger partial charge on any atom is -0.353 e. The Morgan fingerprint density at radius 1 is 1.11 bits per heavy atom. The van der Waals surface area contributed by atoms with E-state index in [-0.39, 0.29) is 11.7 Å². The molecule has 2 aromatic carbocycles. The molecule has 28 heavy (non-hydrogen) atoms. The highest BCUT2D eigenvalue weighted by Crippen LogP contribution is 2.27. The second-order valence-corrected chi connectivity index (χ2v) is 7.86. The Morgan fingerprint density at radius 2 is 1.86 bits per heavy atom. The van der Waals surface area contributed by atoms with Gasteiger partial charge in [-0.3, -0.25) is 9.20 Å². The third-order valence-corrected chi connectivity index (χ3v) is 5.76. The van der Waals surface area contributed by atoms with E-state index in [2.05, 4.69) is 15.5 Å². The smallest absolute Gasteiger partial charge is 0.237 e. The van der Waals surface area contributed by atoms with Crippen LogP contribution in [0, 0.1) is 5.82 Å². The minimum absolute atomic E-state index is 0.0133. The highest BCUT2D eigenvalue weighted by molar-refractivity contribution is 7.99. The summed E-state index contributed by atoms with van der Waals surface area (Å²) in [6, 6.07) is 14.9. The molecule has 0 spiro atoms. The van der Waals surface area contributed by atoms with Gasteiger partial charge in [0.25, 0.3) is 0 Å². The number of para-hydroxylation sites is 2. The van der Waals surface area contributed by atoms with Gasteiger partial charge < -0.3 is 9.88 Å². The molecule has 8 heteroatoms. The van der Waals surface area contributed by atoms with Crippen molar-refractivity contribution in [1.29, 1.82) is 0 Å². The van der Waals surface area contributed by atoms with Gasteiger partial charge in [0.1, 0.15) is 5.82 Å². The number of nitrogens with one attached hydrogen (secondary N) is 1. The van der Waals surface area contributed by atoms with E-state index in [4.69, 9.17) is 0 Å². The summed E-state index contributed by atoms with van der Waals surface area (Å²) in [6.07, 6.45) is 2.13. The van der Waals surface area contributed by atoms with Gasteiger partial charge in [-0.05, 0) is 31.0 Å². The lowest BCUT2D eigenvalue weighted by Crippen LogP contribution is -2.27. The fourth-order valence-electron chi connectivity index (χ4n) is 3.31. The highest BCUT2D eigenvalue weighted by Gasteiger charge is 2.24. The van der Waals surface area contributed by atoms with Gasteiger partial charge in [-0.1, -0.05) is 42.1 Å². The van der Waals surface area contributed by atoms with Crippen LogP contribution >= 0.6 is 11.8 Å². The molecule has 1 fully saturated rings. The van der Waals surface area contributed by atoms with Gasteiger partial charge in [0.05, 0.1) is 23.3 Å². The molecule has 1 saturated carbocycles. The Labute approximate surface area is 164 Å². The van der Waals surface area contributed by atoms with Gasteiger partial charge in [-0.25, -0.2) is 4.39 Å².